The van der Waals surface area contributed by atoms with E-state index in [9.17, 15) is 18.3 Å². The van der Waals surface area contributed by atoms with Gasteiger partial charge in [-0.3, -0.25) is 4.98 Å². The Balaban J connectivity index is 2.01. The van der Waals surface area contributed by atoms with Crippen molar-refractivity contribution in [3.05, 3.63) is 58.9 Å². The van der Waals surface area contributed by atoms with Crippen molar-refractivity contribution in [1.82, 2.24) is 4.98 Å². The maximum Gasteiger partial charge on any atom is 0.573 e. The molecule has 7 heteroatoms. The molecule has 1 unspecified atom stereocenters. The molecule has 0 radical (unpaired) electrons. The highest BCUT2D eigenvalue weighted by Crippen LogP contribution is 2.24. The fraction of sp³-hybridized carbons (Fsp3) is 0.214. The van der Waals surface area contributed by atoms with Gasteiger partial charge >= 0.3 is 6.36 Å². The lowest BCUT2D eigenvalue weighted by atomic mass is 10.1. The van der Waals surface area contributed by atoms with Crippen LogP contribution in [0.2, 0.25) is 5.02 Å². The number of alkyl halides is 3. The van der Waals surface area contributed by atoms with Crippen molar-refractivity contribution in [3.63, 3.8) is 0 Å². The Labute approximate surface area is 124 Å². The van der Waals surface area contributed by atoms with Gasteiger partial charge in [-0.1, -0.05) is 23.7 Å². The van der Waals surface area contributed by atoms with Crippen molar-refractivity contribution in [3.8, 4) is 5.75 Å². The minimum absolute atomic E-state index is 0.223. The second-order valence-corrected chi connectivity index (χ2v) is 4.75. The number of aliphatic hydroxyl groups is 1. The van der Waals surface area contributed by atoms with Gasteiger partial charge in [-0.15, -0.1) is 13.2 Å². The number of aromatic nitrogens is 1. The van der Waals surface area contributed by atoms with Crippen LogP contribution in [0.1, 0.15) is 17.4 Å². The van der Waals surface area contributed by atoms with E-state index >= 15 is 0 Å². The predicted molar refractivity (Wildman–Crippen MR) is 71.0 cm³/mol. The number of halogens is 4. The van der Waals surface area contributed by atoms with Gasteiger partial charge in [0.25, 0.3) is 0 Å². The van der Waals surface area contributed by atoms with Crippen molar-refractivity contribution in [1.29, 1.82) is 0 Å². The molecule has 0 spiro atoms. The molecule has 2 aromatic rings. The summed E-state index contributed by atoms with van der Waals surface area (Å²) in [6.45, 7) is 0. The first-order valence-corrected chi connectivity index (χ1v) is 6.35. The van der Waals surface area contributed by atoms with Crippen LogP contribution >= 0.6 is 11.6 Å². The molecule has 0 amide bonds. The summed E-state index contributed by atoms with van der Waals surface area (Å²) in [7, 11) is 0. The molecule has 112 valence electrons. The average Bonchev–Trinajstić information content (AvgIpc) is 2.40. The fourth-order valence-electron chi connectivity index (χ4n) is 1.74. The van der Waals surface area contributed by atoms with Crippen LogP contribution in [0.3, 0.4) is 0 Å². The summed E-state index contributed by atoms with van der Waals surface area (Å²) in [5, 5.41) is 10.5. The number of ether oxygens (including phenoxy) is 1. The van der Waals surface area contributed by atoms with Gasteiger partial charge in [-0.2, -0.15) is 0 Å². The SMILES string of the molecule is OC(Cc1ccc(OC(F)(F)F)cc1)c1ccc(Cl)cn1. The third-order valence-electron chi connectivity index (χ3n) is 2.68. The molecular formula is C14H11ClF3NO2. The number of pyridine rings is 1. The third-order valence-corrected chi connectivity index (χ3v) is 2.90. The number of benzene rings is 1. The largest absolute Gasteiger partial charge is 0.573 e. The van der Waals surface area contributed by atoms with Gasteiger partial charge in [-0.25, -0.2) is 0 Å². The molecule has 1 aromatic carbocycles. The summed E-state index contributed by atoms with van der Waals surface area (Å²) < 4.78 is 39.8. The molecule has 0 aliphatic heterocycles. The lowest BCUT2D eigenvalue weighted by Crippen LogP contribution is -2.17. The molecule has 1 N–H and O–H groups in total. The summed E-state index contributed by atoms with van der Waals surface area (Å²) in [5.41, 5.74) is 1.10. The molecule has 1 aromatic heterocycles. The smallest absolute Gasteiger partial charge is 0.406 e. The Morgan fingerprint density at radius 1 is 1.14 bits per heavy atom. The number of hydrogen-bond donors (Lipinski definition) is 1. The normalized spacial score (nSPS) is 13.0. The highest BCUT2D eigenvalue weighted by atomic mass is 35.5. The van der Waals surface area contributed by atoms with Crippen LogP contribution in [0, 0.1) is 0 Å². The third kappa shape index (κ3) is 4.91. The van der Waals surface area contributed by atoms with Crippen LogP contribution in [-0.2, 0) is 6.42 Å². The lowest BCUT2D eigenvalue weighted by Gasteiger charge is -2.12. The maximum atomic E-state index is 12.0. The van der Waals surface area contributed by atoms with E-state index in [1.54, 1.807) is 12.1 Å². The number of aliphatic hydroxyl groups excluding tert-OH is 1. The van der Waals surface area contributed by atoms with E-state index in [4.69, 9.17) is 11.6 Å². The molecule has 3 nitrogen and oxygen atoms in total. The summed E-state index contributed by atoms with van der Waals surface area (Å²) in [5.74, 6) is -0.301. The Morgan fingerprint density at radius 3 is 2.33 bits per heavy atom. The van der Waals surface area contributed by atoms with Crippen LogP contribution in [-0.4, -0.2) is 16.5 Å². The van der Waals surface area contributed by atoms with Crippen LogP contribution in [0.15, 0.2) is 42.6 Å². The van der Waals surface area contributed by atoms with Crippen molar-refractivity contribution in [2.75, 3.05) is 0 Å². The average molecular weight is 318 g/mol. The van der Waals surface area contributed by atoms with E-state index in [0.29, 0.717) is 16.3 Å². The second-order valence-electron chi connectivity index (χ2n) is 4.31. The monoisotopic (exact) mass is 317 g/mol. The first-order valence-electron chi connectivity index (χ1n) is 5.98. The summed E-state index contributed by atoms with van der Waals surface area (Å²) in [6, 6.07) is 8.51. The molecular weight excluding hydrogens is 307 g/mol. The van der Waals surface area contributed by atoms with E-state index < -0.39 is 12.5 Å². The summed E-state index contributed by atoms with van der Waals surface area (Å²) in [6.07, 6.45) is -3.94. The van der Waals surface area contributed by atoms with E-state index in [-0.39, 0.29) is 12.2 Å². The number of hydrogen-bond acceptors (Lipinski definition) is 3. The van der Waals surface area contributed by atoms with Crippen LogP contribution in [0.5, 0.6) is 5.75 Å². The molecule has 0 aliphatic carbocycles. The zero-order valence-corrected chi connectivity index (χ0v) is 11.4. The van der Waals surface area contributed by atoms with E-state index in [1.807, 2.05) is 0 Å². The van der Waals surface area contributed by atoms with E-state index in [0.717, 1.165) is 0 Å². The Bertz CT molecular complexity index is 585. The first kappa shape index (κ1) is 15.6. The Hall–Kier alpha value is -1.79. The maximum absolute atomic E-state index is 12.0. The van der Waals surface area contributed by atoms with Crippen molar-refractivity contribution < 1.29 is 23.0 Å². The highest BCUT2D eigenvalue weighted by molar-refractivity contribution is 6.30. The van der Waals surface area contributed by atoms with Gasteiger partial charge in [0, 0.05) is 12.6 Å². The van der Waals surface area contributed by atoms with Crippen molar-refractivity contribution in [2.24, 2.45) is 0 Å². The van der Waals surface area contributed by atoms with Gasteiger partial charge in [0.15, 0.2) is 0 Å². The van der Waals surface area contributed by atoms with Crippen molar-refractivity contribution >= 4 is 11.6 Å². The molecule has 21 heavy (non-hydrogen) atoms. The molecule has 0 aliphatic rings. The van der Waals surface area contributed by atoms with Gasteiger partial charge in [0.1, 0.15) is 5.75 Å². The molecule has 0 bridgehead atoms. The molecule has 0 fully saturated rings. The van der Waals surface area contributed by atoms with Crippen LogP contribution in [0.4, 0.5) is 13.2 Å². The minimum atomic E-state index is -4.71. The number of nitrogens with zero attached hydrogens (tertiary/aromatic N) is 1. The summed E-state index contributed by atoms with van der Waals surface area (Å²) >= 11 is 5.70. The van der Waals surface area contributed by atoms with Gasteiger partial charge in [0.05, 0.1) is 16.8 Å². The topological polar surface area (TPSA) is 42.4 Å². The molecule has 2 rings (SSSR count). The van der Waals surface area contributed by atoms with Crippen LogP contribution < -0.4 is 4.74 Å². The predicted octanol–water partition coefficient (Wildman–Crippen LogP) is 3.91. The first-order chi connectivity index (χ1) is 9.83. The molecule has 0 saturated heterocycles. The van der Waals surface area contributed by atoms with E-state index in [2.05, 4.69) is 9.72 Å². The standard InChI is InChI=1S/C14H11ClF3NO2/c15-10-3-6-12(19-8-10)13(20)7-9-1-4-11(5-2-9)21-14(16,17)18/h1-6,8,13,20H,7H2. The quantitative estimate of drug-likeness (QED) is 0.929. The zero-order valence-electron chi connectivity index (χ0n) is 10.6. The molecule has 1 heterocycles. The lowest BCUT2D eigenvalue weighted by molar-refractivity contribution is -0.274. The fourth-order valence-corrected chi connectivity index (χ4v) is 1.85. The molecule has 1 atom stereocenters. The van der Waals surface area contributed by atoms with Gasteiger partial charge < -0.3 is 9.84 Å². The van der Waals surface area contributed by atoms with Gasteiger partial charge in [-0.05, 0) is 29.8 Å². The molecule has 0 saturated carbocycles. The number of rotatable bonds is 4. The van der Waals surface area contributed by atoms with E-state index in [1.165, 1.54) is 30.5 Å². The Morgan fingerprint density at radius 2 is 1.81 bits per heavy atom. The second kappa shape index (κ2) is 6.32. The van der Waals surface area contributed by atoms with Crippen LogP contribution in [0.25, 0.3) is 0 Å². The Kier molecular flexibility index (Phi) is 4.69. The van der Waals surface area contributed by atoms with Gasteiger partial charge in [0.2, 0.25) is 0 Å². The zero-order chi connectivity index (χ0) is 15.5. The minimum Gasteiger partial charge on any atom is -0.406 e. The highest BCUT2D eigenvalue weighted by Gasteiger charge is 2.30. The van der Waals surface area contributed by atoms with Crippen molar-refractivity contribution in [2.45, 2.75) is 18.9 Å². The summed E-state index contributed by atoms with van der Waals surface area (Å²) in [4.78, 5) is 3.98.